The van der Waals surface area contributed by atoms with Gasteiger partial charge in [-0.15, -0.1) is 0 Å². The van der Waals surface area contributed by atoms with Crippen molar-refractivity contribution in [1.29, 1.82) is 0 Å². The molecule has 2 aromatic carbocycles. The van der Waals surface area contributed by atoms with Crippen LogP contribution >= 0.6 is 0 Å². The predicted octanol–water partition coefficient (Wildman–Crippen LogP) is 5.18. The maximum absolute atomic E-state index is 13.0. The highest BCUT2D eigenvalue weighted by Crippen LogP contribution is 2.39. The summed E-state index contributed by atoms with van der Waals surface area (Å²) in [5.74, 6) is -0.000491. The number of rotatable bonds is 6. The molecule has 172 valence electrons. The van der Waals surface area contributed by atoms with Crippen LogP contribution in [0.2, 0.25) is 0 Å². The van der Waals surface area contributed by atoms with Gasteiger partial charge in [0.25, 0.3) is 0 Å². The molecule has 0 atom stereocenters. The van der Waals surface area contributed by atoms with Crippen LogP contribution in [0, 0.1) is 12.8 Å². The molecule has 1 aliphatic rings. The third-order valence-corrected chi connectivity index (χ3v) is 6.08. The van der Waals surface area contributed by atoms with Gasteiger partial charge in [0, 0.05) is 35.7 Å². The minimum Gasteiger partial charge on any atom is -0.507 e. The second-order valence-corrected chi connectivity index (χ2v) is 9.01. The lowest BCUT2D eigenvalue weighted by molar-refractivity contribution is -0.118. The predicted molar refractivity (Wildman–Crippen MR) is 128 cm³/mol. The van der Waals surface area contributed by atoms with Crippen LogP contribution in [0.1, 0.15) is 55.8 Å². The van der Waals surface area contributed by atoms with Crippen LogP contribution in [0.4, 0.5) is 10.5 Å². The molecule has 0 radical (unpaired) electrons. The molecule has 0 spiro atoms. The fourth-order valence-electron chi connectivity index (χ4n) is 3.76. The van der Waals surface area contributed by atoms with E-state index in [4.69, 9.17) is 0 Å². The normalized spacial score (nSPS) is 13.6. The van der Waals surface area contributed by atoms with Crippen molar-refractivity contribution in [2.45, 2.75) is 52.5 Å². The lowest BCUT2D eigenvalue weighted by atomic mass is 9.82. The van der Waals surface area contributed by atoms with Crippen LogP contribution in [0.25, 0.3) is 11.3 Å². The molecule has 0 unspecified atom stereocenters. The number of phenols is 1. The Bertz CT molecular complexity index is 1160. The van der Waals surface area contributed by atoms with Crippen molar-refractivity contribution >= 4 is 17.6 Å². The minimum absolute atomic E-state index is 0.00132. The van der Waals surface area contributed by atoms with E-state index in [1.807, 2.05) is 51.1 Å². The van der Waals surface area contributed by atoms with Crippen LogP contribution < -0.4 is 10.6 Å². The van der Waals surface area contributed by atoms with E-state index in [0.29, 0.717) is 23.5 Å². The fourth-order valence-corrected chi connectivity index (χ4v) is 3.76. The summed E-state index contributed by atoms with van der Waals surface area (Å²) in [6.45, 7) is 6.05. The van der Waals surface area contributed by atoms with Crippen molar-refractivity contribution in [2.24, 2.45) is 5.92 Å². The first-order valence-corrected chi connectivity index (χ1v) is 11.4. The quantitative estimate of drug-likeness (QED) is 0.486. The van der Waals surface area contributed by atoms with E-state index in [0.717, 1.165) is 30.5 Å². The molecular formula is C26H30N4O3. The molecule has 1 saturated carbocycles. The molecule has 4 rings (SSSR count). The molecule has 0 aliphatic heterocycles. The van der Waals surface area contributed by atoms with Gasteiger partial charge in [-0.25, -0.2) is 4.79 Å². The van der Waals surface area contributed by atoms with Gasteiger partial charge in [0.1, 0.15) is 5.75 Å². The summed E-state index contributed by atoms with van der Waals surface area (Å²) in [6.07, 6.45) is 3.16. The van der Waals surface area contributed by atoms with E-state index < -0.39 is 0 Å². The Morgan fingerprint density at radius 1 is 1.12 bits per heavy atom. The van der Waals surface area contributed by atoms with E-state index in [1.54, 1.807) is 12.1 Å². The summed E-state index contributed by atoms with van der Waals surface area (Å²) in [6, 6.07) is 14.6. The third kappa shape index (κ3) is 5.08. The van der Waals surface area contributed by atoms with E-state index in [1.165, 1.54) is 16.3 Å². The summed E-state index contributed by atoms with van der Waals surface area (Å²) < 4.78 is 1.43. The summed E-state index contributed by atoms with van der Waals surface area (Å²) in [5.41, 5.74) is 4.61. The lowest BCUT2D eigenvalue weighted by Crippen LogP contribution is -2.31. The van der Waals surface area contributed by atoms with Crippen molar-refractivity contribution < 1.29 is 14.7 Å². The van der Waals surface area contributed by atoms with Gasteiger partial charge in [-0.05, 0) is 43.5 Å². The number of anilines is 1. The monoisotopic (exact) mass is 446 g/mol. The number of aromatic hydroxyl groups is 1. The van der Waals surface area contributed by atoms with E-state index in [-0.39, 0.29) is 29.5 Å². The standard InChI is InChI=1S/C26H30N4O3/c1-16(2)25(32)28-20-11-12-21(24(31)13-20)22-14-23(19-5-4-6-19)30(29-22)26(33)27-15-18-9-7-17(3)8-10-18/h7-14,16,19,31H,4-6,15H2,1-3H3,(H,27,33)(H,28,32). The van der Waals surface area contributed by atoms with Gasteiger partial charge >= 0.3 is 6.03 Å². The lowest BCUT2D eigenvalue weighted by Gasteiger charge is -2.25. The van der Waals surface area contributed by atoms with Gasteiger partial charge in [-0.3, -0.25) is 4.79 Å². The molecule has 2 amide bonds. The van der Waals surface area contributed by atoms with Crippen LogP contribution in [0.15, 0.2) is 48.5 Å². The number of nitrogens with one attached hydrogen (secondary N) is 2. The van der Waals surface area contributed by atoms with Crippen molar-refractivity contribution in [3.63, 3.8) is 0 Å². The summed E-state index contributed by atoms with van der Waals surface area (Å²) in [7, 11) is 0. The molecule has 0 saturated heterocycles. The number of carbonyl (C=O) groups is 2. The highest BCUT2D eigenvalue weighted by atomic mass is 16.3. The maximum Gasteiger partial charge on any atom is 0.342 e. The average Bonchev–Trinajstić information content (AvgIpc) is 3.16. The number of aromatic nitrogens is 2. The Kier molecular flexibility index (Phi) is 6.49. The fraction of sp³-hybridized carbons (Fsp3) is 0.346. The molecular weight excluding hydrogens is 416 g/mol. The zero-order chi connectivity index (χ0) is 23.5. The Morgan fingerprint density at radius 3 is 2.45 bits per heavy atom. The highest BCUT2D eigenvalue weighted by Gasteiger charge is 2.27. The summed E-state index contributed by atoms with van der Waals surface area (Å²) in [4.78, 5) is 24.9. The molecule has 7 nitrogen and oxygen atoms in total. The molecule has 7 heteroatoms. The number of carbonyl (C=O) groups excluding carboxylic acids is 2. The van der Waals surface area contributed by atoms with Gasteiger partial charge in [-0.1, -0.05) is 50.1 Å². The molecule has 1 aromatic heterocycles. The Hall–Kier alpha value is -3.61. The average molecular weight is 447 g/mol. The first-order chi connectivity index (χ1) is 15.8. The zero-order valence-electron chi connectivity index (χ0n) is 19.3. The van der Waals surface area contributed by atoms with E-state index >= 15 is 0 Å². The van der Waals surface area contributed by atoms with Gasteiger partial charge in [0.15, 0.2) is 0 Å². The first kappa shape index (κ1) is 22.6. The number of hydrogen-bond acceptors (Lipinski definition) is 4. The Labute approximate surface area is 193 Å². The van der Waals surface area contributed by atoms with E-state index in [9.17, 15) is 14.7 Å². The summed E-state index contributed by atoms with van der Waals surface area (Å²) in [5, 5.41) is 20.9. The van der Waals surface area contributed by atoms with Crippen molar-refractivity contribution in [1.82, 2.24) is 15.1 Å². The second-order valence-electron chi connectivity index (χ2n) is 9.01. The Morgan fingerprint density at radius 2 is 1.85 bits per heavy atom. The second kappa shape index (κ2) is 9.48. The van der Waals surface area contributed by atoms with Crippen molar-refractivity contribution in [2.75, 3.05) is 5.32 Å². The topological polar surface area (TPSA) is 96.3 Å². The van der Waals surface area contributed by atoms with Crippen LogP contribution in [0.5, 0.6) is 5.75 Å². The number of hydrogen-bond donors (Lipinski definition) is 3. The van der Waals surface area contributed by atoms with Crippen LogP contribution in [-0.2, 0) is 11.3 Å². The van der Waals surface area contributed by atoms with Gasteiger partial charge in [0.05, 0.1) is 11.4 Å². The number of nitrogens with zero attached hydrogens (tertiary/aromatic N) is 2. The molecule has 33 heavy (non-hydrogen) atoms. The number of amides is 2. The molecule has 3 N–H and O–H groups in total. The number of aryl methyl sites for hydroxylation is 1. The minimum atomic E-state index is -0.288. The van der Waals surface area contributed by atoms with Gasteiger partial charge in [0.2, 0.25) is 5.91 Å². The SMILES string of the molecule is Cc1ccc(CNC(=O)n2nc(-c3ccc(NC(=O)C(C)C)cc3O)cc2C2CCC2)cc1. The zero-order valence-corrected chi connectivity index (χ0v) is 19.3. The van der Waals surface area contributed by atoms with Gasteiger partial charge in [-0.2, -0.15) is 9.78 Å². The number of phenolic OH excluding ortho intramolecular Hbond substituents is 1. The Balaban J connectivity index is 1.56. The van der Waals surface area contributed by atoms with Gasteiger partial charge < -0.3 is 15.7 Å². The largest absolute Gasteiger partial charge is 0.507 e. The third-order valence-electron chi connectivity index (χ3n) is 6.08. The van der Waals surface area contributed by atoms with Crippen molar-refractivity contribution in [3.8, 4) is 17.0 Å². The van der Waals surface area contributed by atoms with E-state index in [2.05, 4.69) is 15.7 Å². The van der Waals surface area contributed by atoms with Crippen LogP contribution in [-0.4, -0.2) is 26.8 Å². The van der Waals surface area contributed by atoms with Crippen molar-refractivity contribution in [3.05, 3.63) is 65.4 Å². The summed E-state index contributed by atoms with van der Waals surface area (Å²) >= 11 is 0. The number of benzene rings is 2. The molecule has 1 aliphatic carbocycles. The van der Waals surface area contributed by atoms with Crippen LogP contribution in [0.3, 0.4) is 0 Å². The molecule has 0 bridgehead atoms. The first-order valence-electron chi connectivity index (χ1n) is 11.4. The smallest absolute Gasteiger partial charge is 0.342 e. The maximum atomic E-state index is 13.0. The molecule has 3 aromatic rings. The molecule has 1 fully saturated rings. The highest BCUT2D eigenvalue weighted by molar-refractivity contribution is 5.92. The molecule has 1 heterocycles.